The molecule has 0 spiro atoms. The van der Waals surface area contributed by atoms with Crippen molar-refractivity contribution in [1.82, 2.24) is 9.88 Å². The Morgan fingerprint density at radius 3 is 2.69 bits per heavy atom. The zero-order valence-corrected chi connectivity index (χ0v) is 15.8. The third kappa shape index (κ3) is 3.72. The minimum absolute atomic E-state index is 0.119. The number of amides is 1. The molecule has 0 bridgehead atoms. The highest BCUT2D eigenvalue weighted by atomic mass is 32.2. The third-order valence-corrected chi connectivity index (χ3v) is 4.87. The van der Waals surface area contributed by atoms with Crippen molar-refractivity contribution in [3.8, 4) is 11.5 Å². The summed E-state index contributed by atoms with van der Waals surface area (Å²) in [7, 11) is 4.89. The van der Waals surface area contributed by atoms with Crippen LogP contribution < -0.4 is 9.47 Å². The SMILES string of the molecule is COc1ccc(OC)c(/C=C2\S/C(=N/c3cccc(C)n3)N(C)C2=O)c1. The van der Waals surface area contributed by atoms with Gasteiger partial charge in [0.05, 0.1) is 19.1 Å². The van der Waals surface area contributed by atoms with E-state index in [-0.39, 0.29) is 5.91 Å². The Morgan fingerprint density at radius 2 is 2.00 bits per heavy atom. The van der Waals surface area contributed by atoms with Crippen molar-refractivity contribution in [1.29, 1.82) is 0 Å². The second-order valence-electron chi connectivity index (χ2n) is 5.61. The topological polar surface area (TPSA) is 64.0 Å². The number of pyridine rings is 1. The lowest BCUT2D eigenvalue weighted by molar-refractivity contribution is -0.121. The van der Waals surface area contributed by atoms with Crippen LogP contribution in [-0.2, 0) is 4.79 Å². The highest BCUT2D eigenvalue weighted by Gasteiger charge is 2.30. The lowest BCUT2D eigenvalue weighted by Gasteiger charge is -2.08. The number of hydrogen-bond acceptors (Lipinski definition) is 6. The van der Waals surface area contributed by atoms with Gasteiger partial charge in [0, 0.05) is 18.3 Å². The van der Waals surface area contributed by atoms with E-state index in [9.17, 15) is 4.79 Å². The lowest BCUT2D eigenvalue weighted by Crippen LogP contribution is -2.23. The van der Waals surface area contributed by atoms with Gasteiger partial charge in [-0.3, -0.25) is 9.69 Å². The number of thioether (sulfide) groups is 1. The normalized spacial score (nSPS) is 17.2. The van der Waals surface area contributed by atoms with E-state index in [4.69, 9.17) is 9.47 Å². The molecule has 6 nitrogen and oxygen atoms in total. The molecule has 134 valence electrons. The molecular weight excluding hydrogens is 350 g/mol. The van der Waals surface area contributed by atoms with E-state index in [1.54, 1.807) is 27.3 Å². The molecule has 0 atom stereocenters. The van der Waals surface area contributed by atoms with Crippen LogP contribution in [0.4, 0.5) is 5.82 Å². The fourth-order valence-electron chi connectivity index (χ4n) is 2.43. The number of aliphatic imine (C=N–C) groups is 1. The Balaban J connectivity index is 1.95. The van der Waals surface area contributed by atoms with Gasteiger partial charge in [-0.2, -0.15) is 0 Å². The summed E-state index contributed by atoms with van der Waals surface area (Å²) in [6.45, 7) is 1.90. The fraction of sp³-hybridized carbons (Fsp3) is 0.211. The second kappa shape index (κ2) is 7.61. The third-order valence-electron chi connectivity index (χ3n) is 3.81. The number of nitrogens with zero attached hydrogens (tertiary/aromatic N) is 3. The number of rotatable bonds is 4. The quantitative estimate of drug-likeness (QED) is 0.770. The van der Waals surface area contributed by atoms with Crippen LogP contribution in [0.3, 0.4) is 0 Å². The van der Waals surface area contributed by atoms with Crippen molar-refractivity contribution in [3.63, 3.8) is 0 Å². The highest BCUT2D eigenvalue weighted by molar-refractivity contribution is 8.18. The molecule has 1 amide bonds. The molecule has 2 aromatic rings. The van der Waals surface area contributed by atoms with Gasteiger partial charge in [0.1, 0.15) is 11.5 Å². The summed E-state index contributed by atoms with van der Waals surface area (Å²) in [4.78, 5) is 23.5. The van der Waals surface area contributed by atoms with Crippen LogP contribution in [0.2, 0.25) is 0 Å². The van der Waals surface area contributed by atoms with E-state index in [1.807, 2.05) is 43.3 Å². The summed E-state index contributed by atoms with van der Waals surface area (Å²) >= 11 is 1.31. The van der Waals surface area contributed by atoms with Gasteiger partial charge in [-0.15, -0.1) is 0 Å². The van der Waals surface area contributed by atoms with Gasteiger partial charge >= 0.3 is 0 Å². The van der Waals surface area contributed by atoms with Crippen LogP contribution in [-0.4, -0.2) is 42.2 Å². The Labute approximate surface area is 156 Å². The van der Waals surface area contributed by atoms with Gasteiger partial charge in [0.2, 0.25) is 0 Å². The summed E-state index contributed by atoms with van der Waals surface area (Å²) in [6.07, 6.45) is 1.79. The average molecular weight is 369 g/mol. The van der Waals surface area contributed by atoms with Crippen LogP contribution in [0.25, 0.3) is 6.08 Å². The van der Waals surface area contributed by atoms with Gasteiger partial charge in [0.15, 0.2) is 11.0 Å². The molecule has 1 fully saturated rings. The van der Waals surface area contributed by atoms with Crippen molar-refractivity contribution >= 4 is 34.7 Å². The Morgan fingerprint density at radius 1 is 1.19 bits per heavy atom. The van der Waals surface area contributed by atoms with Gasteiger partial charge in [-0.05, 0) is 55.1 Å². The zero-order valence-electron chi connectivity index (χ0n) is 15.0. The summed E-state index contributed by atoms with van der Waals surface area (Å²) in [5.41, 5.74) is 1.65. The number of ether oxygens (including phenoxy) is 2. The number of likely N-dealkylation sites (N-methyl/N-ethyl adjacent to an activating group) is 1. The maximum absolute atomic E-state index is 12.6. The molecule has 0 unspecified atom stereocenters. The van der Waals surface area contributed by atoms with Gasteiger partial charge < -0.3 is 9.47 Å². The van der Waals surface area contributed by atoms with Crippen molar-refractivity contribution in [3.05, 3.63) is 52.6 Å². The molecule has 1 saturated heterocycles. The van der Waals surface area contributed by atoms with E-state index in [0.717, 1.165) is 11.3 Å². The molecule has 3 rings (SSSR count). The molecule has 1 aromatic heterocycles. The number of carbonyl (C=O) groups is 1. The number of benzene rings is 1. The first kappa shape index (κ1) is 18.0. The van der Waals surface area contributed by atoms with Crippen molar-refractivity contribution in [2.24, 2.45) is 4.99 Å². The van der Waals surface area contributed by atoms with Gasteiger partial charge in [-0.25, -0.2) is 9.98 Å². The summed E-state index contributed by atoms with van der Waals surface area (Å²) in [6, 6.07) is 11.1. The number of aromatic nitrogens is 1. The standard InChI is InChI=1S/C19H19N3O3S/c1-12-6-5-7-17(20-12)21-19-22(2)18(23)16(26-19)11-13-10-14(24-3)8-9-15(13)25-4/h5-11H,1-4H3/b16-11-,21-19+. The minimum atomic E-state index is -0.119. The molecule has 0 radical (unpaired) electrons. The molecule has 26 heavy (non-hydrogen) atoms. The zero-order chi connectivity index (χ0) is 18.7. The summed E-state index contributed by atoms with van der Waals surface area (Å²) in [5.74, 6) is 1.82. The number of amidine groups is 1. The predicted octanol–water partition coefficient (Wildman–Crippen LogP) is 3.64. The predicted molar refractivity (Wildman–Crippen MR) is 104 cm³/mol. The number of carbonyl (C=O) groups excluding carboxylic acids is 1. The molecular formula is C19H19N3O3S. The van der Waals surface area contributed by atoms with Gasteiger partial charge in [0.25, 0.3) is 5.91 Å². The first-order valence-electron chi connectivity index (χ1n) is 7.94. The Kier molecular flexibility index (Phi) is 5.27. The summed E-state index contributed by atoms with van der Waals surface area (Å²) < 4.78 is 10.6. The van der Waals surface area contributed by atoms with E-state index in [2.05, 4.69) is 9.98 Å². The Bertz CT molecular complexity index is 909. The van der Waals surface area contributed by atoms with E-state index < -0.39 is 0 Å². The largest absolute Gasteiger partial charge is 0.497 e. The maximum Gasteiger partial charge on any atom is 0.266 e. The molecule has 1 aromatic carbocycles. The van der Waals surface area contributed by atoms with Crippen LogP contribution in [0.15, 0.2) is 46.3 Å². The smallest absolute Gasteiger partial charge is 0.266 e. The maximum atomic E-state index is 12.6. The summed E-state index contributed by atoms with van der Waals surface area (Å²) in [5, 5.41) is 0.584. The molecule has 1 aliphatic rings. The second-order valence-corrected chi connectivity index (χ2v) is 6.62. The van der Waals surface area contributed by atoms with Crippen molar-refractivity contribution < 1.29 is 14.3 Å². The molecule has 0 N–H and O–H groups in total. The number of hydrogen-bond donors (Lipinski definition) is 0. The highest BCUT2D eigenvalue weighted by Crippen LogP contribution is 2.35. The van der Waals surface area contributed by atoms with Crippen LogP contribution in [0.5, 0.6) is 11.5 Å². The van der Waals surface area contributed by atoms with E-state index in [0.29, 0.717) is 27.4 Å². The van der Waals surface area contributed by atoms with Crippen LogP contribution in [0.1, 0.15) is 11.3 Å². The lowest BCUT2D eigenvalue weighted by atomic mass is 10.1. The molecule has 1 aliphatic heterocycles. The van der Waals surface area contributed by atoms with Crippen LogP contribution in [0, 0.1) is 6.92 Å². The van der Waals surface area contributed by atoms with E-state index >= 15 is 0 Å². The van der Waals surface area contributed by atoms with E-state index in [1.165, 1.54) is 16.7 Å². The van der Waals surface area contributed by atoms with Crippen LogP contribution >= 0.6 is 11.8 Å². The van der Waals surface area contributed by atoms with Gasteiger partial charge in [-0.1, -0.05) is 6.07 Å². The molecule has 0 saturated carbocycles. The monoisotopic (exact) mass is 369 g/mol. The number of methoxy groups -OCH3 is 2. The van der Waals surface area contributed by atoms with Crippen molar-refractivity contribution in [2.45, 2.75) is 6.92 Å². The Hall–Kier alpha value is -2.80. The first-order valence-corrected chi connectivity index (χ1v) is 8.75. The van der Waals surface area contributed by atoms with Crippen molar-refractivity contribution in [2.75, 3.05) is 21.3 Å². The minimum Gasteiger partial charge on any atom is -0.497 e. The first-order chi connectivity index (χ1) is 12.5. The molecule has 0 aliphatic carbocycles. The molecule has 7 heteroatoms. The fourth-order valence-corrected chi connectivity index (χ4v) is 3.40. The molecule has 2 heterocycles. The number of aryl methyl sites for hydroxylation is 1. The average Bonchev–Trinajstić information content (AvgIpc) is 2.89.